The topological polar surface area (TPSA) is 133 Å². The van der Waals surface area contributed by atoms with Crippen LogP contribution in [-0.4, -0.2) is 56.8 Å². The first kappa shape index (κ1) is 60.0. The summed E-state index contributed by atoms with van der Waals surface area (Å²) >= 11 is 0. The van der Waals surface area contributed by atoms with Gasteiger partial charge in [-0.3, -0.25) is 10.1 Å². The molecule has 0 radical (unpaired) electrons. The Kier molecular flexibility index (Phi) is 23.5. The van der Waals surface area contributed by atoms with Gasteiger partial charge in [-0.25, -0.2) is 8.42 Å². The standard InChI is InChI=1S/C27H27NO6S.2C21H24O2/c29-28(30)27(35(31,32)23-14-8-3-9-15-23)24-16-17-26(34-19-22-12-6-2-7-13-22)25(24)20-33-18-21-10-4-1-5-11-21;2*1-17-12-13-21(23-15-19-10-6-3-7-11-19)20(17)16-22-14-18-8-4-2-5-9-18/h1-17,24-27H,18-20H2;2-12,20-21H,13-16H2,1H3;2-13,17,20-21H,14-16H2,1H3/t24-,25+,26+,27?;20-,21-;17-,20+,21+/m101/s1. The number of rotatable bonds is 25. The van der Waals surface area contributed by atoms with Gasteiger partial charge in [-0.15, -0.1) is 0 Å². The third kappa shape index (κ3) is 18.4. The number of ether oxygens (including phenoxy) is 6. The third-order valence-electron chi connectivity index (χ3n) is 14.9. The number of allylic oxidation sites excluding steroid dienone is 1. The Morgan fingerprint density at radius 3 is 1.26 bits per heavy atom. The Bertz CT molecular complexity index is 3110. The predicted molar refractivity (Wildman–Crippen MR) is 318 cm³/mol. The molecule has 0 amide bonds. The molecule has 0 fully saturated rings. The van der Waals surface area contributed by atoms with Gasteiger partial charge in [0.15, 0.2) is 0 Å². The molecule has 0 spiro atoms. The summed E-state index contributed by atoms with van der Waals surface area (Å²) < 4.78 is 62.8. The largest absolute Gasteiger partial charge is 0.376 e. The smallest absolute Gasteiger partial charge is 0.321 e. The van der Waals surface area contributed by atoms with Crippen LogP contribution in [0.3, 0.4) is 0 Å². The molecule has 3 aliphatic carbocycles. The van der Waals surface area contributed by atoms with Crippen molar-refractivity contribution in [2.24, 2.45) is 29.6 Å². The van der Waals surface area contributed by atoms with Gasteiger partial charge in [0, 0.05) is 22.7 Å². The van der Waals surface area contributed by atoms with Crippen molar-refractivity contribution in [1.29, 1.82) is 0 Å². The Morgan fingerprint density at radius 1 is 0.469 bits per heavy atom. The van der Waals surface area contributed by atoms with Gasteiger partial charge in [0.05, 0.1) is 88.6 Å². The molecule has 10 rings (SSSR count). The van der Waals surface area contributed by atoms with Crippen molar-refractivity contribution < 1.29 is 41.8 Å². The molecule has 0 heterocycles. The van der Waals surface area contributed by atoms with Crippen LogP contribution in [0.1, 0.15) is 53.6 Å². The van der Waals surface area contributed by atoms with E-state index in [1.165, 1.54) is 40.0 Å². The van der Waals surface area contributed by atoms with Crippen LogP contribution in [0.5, 0.6) is 0 Å². The summed E-state index contributed by atoms with van der Waals surface area (Å²) in [6.07, 6.45) is 10.9. The second-order valence-corrected chi connectivity index (χ2v) is 22.8. The quantitative estimate of drug-likeness (QED) is 0.0309. The average Bonchev–Trinajstić information content (AvgIpc) is 4.36. The van der Waals surface area contributed by atoms with Gasteiger partial charge in [0.2, 0.25) is 9.84 Å². The fourth-order valence-corrected chi connectivity index (χ4v) is 12.0. The number of benzene rings is 7. The summed E-state index contributed by atoms with van der Waals surface area (Å²) in [6.45, 7) is 9.22. The van der Waals surface area contributed by atoms with Crippen LogP contribution in [-0.2, 0) is 77.9 Å². The van der Waals surface area contributed by atoms with Crippen molar-refractivity contribution >= 4 is 9.84 Å². The summed E-state index contributed by atoms with van der Waals surface area (Å²) in [6, 6.07) is 68.0. The molecule has 0 N–H and O–H groups in total. The van der Waals surface area contributed by atoms with E-state index >= 15 is 0 Å². The minimum atomic E-state index is -4.25. The molecule has 422 valence electrons. The molecule has 11 nitrogen and oxygen atoms in total. The van der Waals surface area contributed by atoms with Crippen molar-refractivity contribution in [2.45, 2.75) is 88.5 Å². The summed E-state index contributed by atoms with van der Waals surface area (Å²) in [4.78, 5) is 11.4. The number of hydrogen-bond donors (Lipinski definition) is 0. The summed E-state index contributed by atoms with van der Waals surface area (Å²) in [5.74, 6) is -0.209. The van der Waals surface area contributed by atoms with Crippen molar-refractivity contribution in [3.63, 3.8) is 0 Å². The highest BCUT2D eigenvalue weighted by Crippen LogP contribution is 2.37. The van der Waals surface area contributed by atoms with Gasteiger partial charge in [0.1, 0.15) is 0 Å². The molecule has 0 aromatic heterocycles. The first-order valence-corrected chi connectivity index (χ1v) is 29.4. The molecule has 0 bridgehead atoms. The summed E-state index contributed by atoms with van der Waals surface area (Å²) in [5, 5.41) is 10.3. The fourth-order valence-electron chi connectivity index (χ4n) is 10.2. The highest BCUT2D eigenvalue weighted by atomic mass is 32.2. The van der Waals surface area contributed by atoms with E-state index in [2.05, 4.69) is 92.7 Å². The second-order valence-electron chi connectivity index (χ2n) is 20.7. The van der Waals surface area contributed by atoms with Crippen LogP contribution in [0, 0.1) is 39.7 Å². The zero-order valence-corrected chi connectivity index (χ0v) is 47.1. The molecule has 7 aromatic rings. The van der Waals surface area contributed by atoms with Crippen molar-refractivity contribution in [1.82, 2.24) is 0 Å². The van der Waals surface area contributed by atoms with Gasteiger partial charge >= 0.3 is 5.37 Å². The molecule has 9 atom stereocenters. The Morgan fingerprint density at radius 2 is 0.827 bits per heavy atom. The van der Waals surface area contributed by atoms with Crippen LogP contribution in [0.25, 0.3) is 0 Å². The van der Waals surface area contributed by atoms with E-state index in [1.807, 2.05) is 121 Å². The monoisotopic (exact) mass is 1110 g/mol. The maximum Gasteiger partial charge on any atom is 0.321 e. The highest BCUT2D eigenvalue weighted by Gasteiger charge is 2.51. The average molecular weight is 1110 g/mol. The maximum atomic E-state index is 13.3. The zero-order valence-electron chi connectivity index (χ0n) is 46.3. The van der Waals surface area contributed by atoms with E-state index in [0.29, 0.717) is 57.4 Å². The van der Waals surface area contributed by atoms with Gasteiger partial charge in [-0.2, -0.15) is 0 Å². The lowest BCUT2D eigenvalue weighted by Gasteiger charge is -2.27. The van der Waals surface area contributed by atoms with Gasteiger partial charge in [0.25, 0.3) is 0 Å². The van der Waals surface area contributed by atoms with Crippen LogP contribution >= 0.6 is 0 Å². The molecule has 1 unspecified atom stereocenters. The molecular weight excluding hydrogens is 1030 g/mol. The lowest BCUT2D eigenvalue weighted by Crippen LogP contribution is -2.42. The number of hydrogen-bond acceptors (Lipinski definition) is 10. The normalized spacial score (nSPS) is 21.3. The SMILES string of the molecule is CC1=CC[C@H](OCc2ccccc2)[C@H]1COCc1ccccc1.C[C@@H]1C=C[C@H](OCc2ccccc2)[C@H]1COCc1ccccc1.O=[N+]([O-])C([C@@H]1C=C[C@H](OCc2ccccc2)[C@H]1COCc1ccccc1)S(=O)(=O)c1ccccc1. The zero-order chi connectivity index (χ0) is 56.5. The first-order valence-electron chi connectivity index (χ1n) is 27.9. The van der Waals surface area contributed by atoms with Crippen molar-refractivity contribution in [2.75, 3.05) is 19.8 Å². The minimum Gasteiger partial charge on any atom is -0.376 e. The summed E-state index contributed by atoms with van der Waals surface area (Å²) in [7, 11) is -4.25. The van der Waals surface area contributed by atoms with Crippen LogP contribution in [0.2, 0.25) is 0 Å². The lowest BCUT2D eigenvalue weighted by molar-refractivity contribution is -0.506. The van der Waals surface area contributed by atoms with E-state index in [-0.39, 0.29) is 23.7 Å². The Balaban J connectivity index is 0.000000165. The number of nitrogens with zero attached hydrogens (tertiary/aromatic N) is 1. The summed E-state index contributed by atoms with van der Waals surface area (Å²) in [5.41, 5.74) is 8.17. The molecule has 0 aliphatic heterocycles. The van der Waals surface area contributed by atoms with Gasteiger partial charge in [-0.05, 0) is 64.8 Å². The van der Waals surface area contributed by atoms with Gasteiger partial charge < -0.3 is 28.4 Å². The third-order valence-corrected chi connectivity index (χ3v) is 17.0. The lowest BCUT2D eigenvalue weighted by atomic mass is 9.94. The van der Waals surface area contributed by atoms with Crippen LogP contribution in [0.15, 0.2) is 253 Å². The highest BCUT2D eigenvalue weighted by molar-refractivity contribution is 7.91. The maximum absolute atomic E-state index is 13.3. The molecule has 7 aromatic carbocycles. The number of nitro groups is 1. The van der Waals surface area contributed by atoms with E-state index in [0.717, 1.165) is 30.8 Å². The van der Waals surface area contributed by atoms with E-state index < -0.39 is 38.1 Å². The van der Waals surface area contributed by atoms with E-state index in [4.69, 9.17) is 28.4 Å². The van der Waals surface area contributed by atoms with Crippen molar-refractivity contribution in [3.05, 3.63) is 292 Å². The molecule has 0 saturated heterocycles. The molecule has 0 saturated carbocycles. The first-order chi connectivity index (χ1) is 39.6. The predicted octanol–water partition coefficient (Wildman–Crippen LogP) is 14.0. The fraction of sp³-hybridized carbons (Fsp3) is 0.304. The minimum absolute atomic E-state index is 0.0762. The van der Waals surface area contributed by atoms with Gasteiger partial charge in [-0.1, -0.05) is 243 Å². The molecular formula is C69H75NO10S. The second kappa shape index (κ2) is 31.8. The van der Waals surface area contributed by atoms with Crippen LogP contribution < -0.4 is 0 Å². The molecule has 81 heavy (non-hydrogen) atoms. The van der Waals surface area contributed by atoms with Crippen molar-refractivity contribution in [3.8, 4) is 0 Å². The number of sulfone groups is 1. The molecule has 3 aliphatic rings. The van der Waals surface area contributed by atoms with Crippen LogP contribution in [0.4, 0.5) is 0 Å². The molecule has 12 heteroatoms. The Labute approximate surface area is 479 Å². The van der Waals surface area contributed by atoms with E-state index in [9.17, 15) is 18.5 Å². The Hall–Kier alpha value is -7.13. The van der Waals surface area contributed by atoms with E-state index in [1.54, 1.807) is 30.4 Å².